The van der Waals surface area contributed by atoms with E-state index >= 15 is 0 Å². The van der Waals surface area contributed by atoms with Crippen LogP contribution in [0, 0.1) is 25.5 Å². The van der Waals surface area contributed by atoms with Gasteiger partial charge in [-0.25, -0.2) is 28.3 Å². The van der Waals surface area contributed by atoms with Crippen molar-refractivity contribution in [1.82, 2.24) is 30.0 Å². The number of ether oxygens (including phenoxy) is 1. The fraction of sp³-hybridized carbons (Fsp3) is 0.320. The number of aryl methyl sites for hydroxylation is 1. The molecule has 0 bridgehead atoms. The molecule has 2 aliphatic heterocycles. The molecule has 1 saturated heterocycles. The van der Waals surface area contributed by atoms with E-state index in [-0.39, 0.29) is 42.6 Å². The van der Waals surface area contributed by atoms with Gasteiger partial charge in [0.25, 0.3) is 5.91 Å². The summed E-state index contributed by atoms with van der Waals surface area (Å²) < 4.78 is 35.5. The minimum Gasteiger partial charge on any atom is -0.483 e. The van der Waals surface area contributed by atoms with E-state index in [1.165, 1.54) is 39.8 Å². The molecule has 0 saturated carbocycles. The Hall–Kier alpha value is -4.35. The van der Waals surface area contributed by atoms with E-state index < -0.39 is 11.9 Å². The molecule has 192 valence electrons. The molecule has 2 aromatic heterocycles. The molecule has 37 heavy (non-hydrogen) atoms. The van der Waals surface area contributed by atoms with Crippen LogP contribution in [0.4, 0.5) is 13.6 Å². The largest absolute Gasteiger partial charge is 0.483 e. The second-order valence-electron chi connectivity index (χ2n) is 8.89. The zero-order chi connectivity index (χ0) is 26.3. The van der Waals surface area contributed by atoms with Crippen LogP contribution in [0.1, 0.15) is 39.8 Å². The number of pyridine rings is 1. The first-order chi connectivity index (χ1) is 17.8. The number of carbonyl (C=O) groups excluding carboxylic acids is 2. The zero-order valence-electron chi connectivity index (χ0n) is 20.5. The second-order valence-corrected chi connectivity index (χ2v) is 8.89. The Balaban J connectivity index is 1.26. The summed E-state index contributed by atoms with van der Waals surface area (Å²) >= 11 is 0. The van der Waals surface area contributed by atoms with E-state index in [9.17, 15) is 18.4 Å². The van der Waals surface area contributed by atoms with Gasteiger partial charge in [0.1, 0.15) is 11.9 Å². The van der Waals surface area contributed by atoms with Gasteiger partial charge in [0.05, 0.1) is 42.3 Å². The van der Waals surface area contributed by atoms with Crippen LogP contribution in [0.25, 0.3) is 5.82 Å². The molecule has 1 N–H and O–H groups in total. The third-order valence-corrected chi connectivity index (χ3v) is 6.44. The van der Waals surface area contributed by atoms with Gasteiger partial charge in [-0.2, -0.15) is 10.2 Å². The van der Waals surface area contributed by atoms with Crippen molar-refractivity contribution in [3.63, 3.8) is 0 Å². The average Bonchev–Trinajstić information content (AvgIpc) is 3.46. The first-order valence-corrected chi connectivity index (χ1v) is 11.7. The van der Waals surface area contributed by atoms with E-state index in [1.807, 2.05) is 0 Å². The molecule has 2 aliphatic rings. The lowest BCUT2D eigenvalue weighted by Crippen LogP contribution is -2.58. The van der Waals surface area contributed by atoms with Gasteiger partial charge in [-0.3, -0.25) is 4.79 Å². The van der Waals surface area contributed by atoms with Crippen molar-refractivity contribution in [2.45, 2.75) is 32.4 Å². The van der Waals surface area contributed by atoms with Gasteiger partial charge in [0.2, 0.25) is 0 Å². The van der Waals surface area contributed by atoms with Gasteiger partial charge in [0, 0.05) is 25.7 Å². The van der Waals surface area contributed by atoms with Crippen molar-refractivity contribution >= 4 is 18.2 Å². The molecule has 4 heterocycles. The summed E-state index contributed by atoms with van der Waals surface area (Å²) in [7, 11) is 1.53. The van der Waals surface area contributed by atoms with Gasteiger partial charge in [0.15, 0.2) is 17.4 Å². The quantitative estimate of drug-likeness (QED) is 0.569. The standard InChI is InChI=1S/C25H25F2N7O3/c1-14-23(24(35)28-3)15(2)33(31-14)22-10-21(19(27)11-29-22)37-18-12-32(13-18)25(36)34-20(7-8-30-34)16-5-4-6-17(26)9-16/h4-6,8-11,18,20H,7,12-13H2,1-3H3,(H,28,35)/t20-/m0/s1. The summed E-state index contributed by atoms with van der Waals surface area (Å²) in [6.45, 7) is 3.90. The average molecular weight is 510 g/mol. The Morgan fingerprint density at radius 1 is 1.16 bits per heavy atom. The van der Waals surface area contributed by atoms with E-state index in [4.69, 9.17) is 4.74 Å². The predicted octanol–water partition coefficient (Wildman–Crippen LogP) is 3.14. The summed E-state index contributed by atoms with van der Waals surface area (Å²) in [5, 5.41) is 12.5. The van der Waals surface area contributed by atoms with Gasteiger partial charge in [-0.05, 0) is 31.5 Å². The number of aromatic nitrogens is 3. The highest BCUT2D eigenvalue weighted by Crippen LogP contribution is 2.31. The Kier molecular flexibility index (Phi) is 6.32. The summed E-state index contributed by atoms with van der Waals surface area (Å²) in [5.74, 6) is -1.05. The maximum atomic E-state index is 14.5. The molecule has 3 amide bonds. The highest BCUT2D eigenvalue weighted by Gasteiger charge is 2.39. The normalized spacial score (nSPS) is 17.2. The molecule has 0 spiro atoms. The number of nitrogens with zero attached hydrogens (tertiary/aromatic N) is 6. The maximum Gasteiger partial charge on any atom is 0.341 e. The van der Waals surface area contributed by atoms with Crippen molar-refractivity contribution < 1.29 is 23.1 Å². The number of hydrogen-bond acceptors (Lipinski definition) is 6. The maximum absolute atomic E-state index is 14.5. The Labute approximate surface area is 211 Å². The van der Waals surface area contributed by atoms with Gasteiger partial charge in [-0.15, -0.1) is 0 Å². The van der Waals surface area contributed by atoms with Gasteiger partial charge >= 0.3 is 6.03 Å². The number of benzene rings is 1. The molecule has 0 radical (unpaired) electrons. The summed E-state index contributed by atoms with van der Waals surface area (Å²) in [6, 6.07) is 6.80. The van der Waals surface area contributed by atoms with E-state index in [0.717, 1.165) is 6.20 Å². The lowest BCUT2D eigenvalue weighted by Gasteiger charge is -2.41. The fourth-order valence-electron chi connectivity index (χ4n) is 4.52. The van der Waals surface area contributed by atoms with Gasteiger partial charge < -0.3 is 15.0 Å². The van der Waals surface area contributed by atoms with Crippen molar-refractivity contribution in [3.05, 3.63) is 70.7 Å². The molecular formula is C25H25F2N7O3. The Bertz CT molecular complexity index is 1400. The van der Waals surface area contributed by atoms with Crippen LogP contribution in [-0.4, -0.2) is 69.1 Å². The Morgan fingerprint density at radius 3 is 2.68 bits per heavy atom. The fourth-order valence-corrected chi connectivity index (χ4v) is 4.52. The van der Waals surface area contributed by atoms with Crippen LogP contribution in [0.3, 0.4) is 0 Å². The van der Waals surface area contributed by atoms with Crippen molar-refractivity contribution in [3.8, 4) is 11.6 Å². The number of likely N-dealkylation sites (tertiary alicyclic amines) is 1. The number of nitrogens with one attached hydrogen (secondary N) is 1. The highest BCUT2D eigenvalue weighted by atomic mass is 19.1. The number of halogens is 2. The molecule has 1 fully saturated rings. The third kappa shape index (κ3) is 4.50. The summed E-state index contributed by atoms with van der Waals surface area (Å²) in [5.41, 5.74) is 2.15. The number of hydrazone groups is 1. The monoisotopic (exact) mass is 509 g/mol. The van der Waals surface area contributed by atoms with Crippen LogP contribution in [0.5, 0.6) is 5.75 Å². The minimum absolute atomic E-state index is 0.0343. The lowest BCUT2D eigenvalue weighted by molar-refractivity contribution is 0.0256. The topological polar surface area (TPSA) is 105 Å². The van der Waals surface area contributed by atoms with Crippen LogP contribution in [-0.2, 0) is 0 Å². The van der Waals surface area contributed by atoms with Crippen LogP contribution in [0.15, 0.2) is 41.6 Å². The zero-order valence-corrected chi connectivity index (χ0v) is 20.5. The SMILES string of the molecule is CNC(=O)c1c(C)nn(-c2cc(OC3CN(C(=O)N4N=CC[C@H]4c4cccc(F)c4)C3)c(F)cn2)c1C. The number of rotatable bonds is 5. The van der Waals surface area contributed by atoms with Gasteiger partial charge in [-0.1, -0.05) is 12.1 Å². The molecule has 5 rings (SSSR count). The summed E-state index contributed by atoms with van der Waals surface area (Å²) in [4.78, 5) is 30.8. The molecule has 12 heteroatoms. The molecule has 0 aliphatic carbocycles. The van der Waals surface area contributed by atoms with E-state index in [0.29, 0.717) is 34.8 Å². The molecule has 10 nitrogen and oxygen atoms in total. The van der Waals surface area contributed by atoms with E-state index in [1.54, 1.807) is 32.2 Å². The van der Waals surface area contributed by atoms with Crippen LogP contribution >= 0.6 is 0 Å². The molecule has 1 aromatic carbocycles. The first-order valence-electron chi connectivity index (χ1n) is 11.7. The van der Waals surface area contributed by atoms with Crippen LogP contribution < -0.4 is 10.1 Å². The van der Waals surface area contributed by atoms with Crippen molar-refractivity contribution in [2.24, 2.45) is 5.10 Å². The minimum atomic E-state index is -0.656. The number of amides is 3. The molecule has 1 atom stereocenters. The third-order valence-electron chi connectivity index (χ3n) is 6.44. The van der Waals surface area contributed by atoms with E-state index in [2.05, 4.69) is 20.5 Å². The lowest BCUT2D eigenvalue weighted by atomic mass is 10.0. The molecule has 0 unspecified atom stereocenters. The summed E-state index contributed by atoms with van der Waals surface area (Å²) in [6.07, 6.45) is 2.71. The number of urea groups is 1. The molecule has 3 aromatic rings. The Morgan fingerprint density at radius 2 is 1.95 bits per heavy atom. The van der Waals surface area contributed by atoms with Crippen LogP contribution in [0.2, 0.25) is 0 Å². The predicted molar refractivity (Wildman–Crippen MR) is 130 cm³/mol. The first kappa shape index (κ1) is 24.3. The smallest absolute Gasteiger partial charge is 0.341 e. The van der Waals surface area contributed by atoms with Crippen molar-refractivity contribution in [2.75, 3.05) is 20.1 Å². The molecular weight excluding hydrogens is 484 g/mol. The number of hydrogen-bond donors (Lipinski definition) is 1. The van der Waals surface area contributed by atoms with Crippen molar-refractivity contribution in [1.29, 1.82) is 0 Å². The highest BCUT2D eigenvalue weighted by molar-refractivity contribution is 5.96. The number of carbonyl (C=O) groups is 2. The second kappa shape index (κ2) is 9.60.